The molecule has 0 unspecified atom stereocenters. The van der Waals surface area contributed by atoms with E-state index in [4.69, 9.17) is 17.0 Å². The first-order chi connectivity index (χ1) is 11.1. The van der Waals surface area contributed by atoms with Gasteiger partial charge in [0.2, 0.25) is 5.91 Å². The Morgan fingerprint density at radius 3 is 2.61 bits per heavy atom. The topological polar surface area (TPSA) is 73.8 Å². The predicted molar refractivity (Wildman–Crippen MR) is 89.7 cm³/mol. The summed E-state index contributed by atoms with van der Waals surface area (Å²) in [6.45, 7) is 6.25. The van der Waals surface area contributed by atoms with Gasteiger partial charge in [0.1, 0.15) is 11.7 Å². The lowest BCUT2D eigenvalue weighted by atomic mass is 9.87. The van der Waals surface area contributed by atoms with E-state index in [1.54, 1.807) is 29.2 Å². The first kappa shape index (κ1) is 15.8. The molecule has 23 heavy (non-hydrogen) atoms. The van der Waals surface area contributed by atoms with Crippen molar-refractivity contribution in [2.45, 2.75) is 6.04 Å². The van der Waals surface area contributed by atoms with Gasteiger partial charge in [-0.15, -0.1) is 0 Å². The van der Waals surface area contributed by atoms with Crippen molar-refractivity contribution in [2.24, 2.45) is 5.92 Å². The normalized spacial score (nSPS) is 24.8. The van der Waals surface area contributed by atoms with E-state index in [1.165, 1.54) is 0 Å². The summed E-state index contributed by atoms with van der Waals surface area (Å²) in [5, 5.41) is 16.0. The molecule has 7 heteroatoms. The minimum absolute atomic E-state index is 0.00104. The molecule has 6 nitrogen and oxygen atoms in total. The van der Waals surface area contributed by atoms with E-state index >= 15 is 0 Å². The standard InChI is InChI=1S/C16H19N3O3S/c1-10-13(15(21)19-6-8-22-9-7-19)14(18-16(23)17-10)11-2-4-12(20)5-3-11/h2-5,13-14,20H,1,6-9H2,(H2,17,18,23)/t13-,14+/m1/s1. The highest BCUT2D eigenvalue weighted by atomic mass is 32.1. The number of carbonyl (C=O) groups is 1. The SMILES string of the molecule is C=C1NC(=S)N[C@@H](c2ccc(O)cc2)[C@@H]1C(=O)N1CCOCC1. The van der Waals surface area contributed by atoms with E-state index in [9.17, 15) is 9.90 Å². The molecule has 3 N–H and O–H groups in total. The molecule has 0 saturated carbocycles. The summed E-state index contributed by atoms with van der Waals surface area (Å²) in [4.78, 5) is 14.8. The summed E-state index contributed by atoms with van der Waals surface area (Å²) >= 11 is 5.20. The first-order valence-corrected chi connectivity index (χ1v) is 7.89. The predicted octanol–water partition coefficient (Wildman–Crippen LogP) is 0.900. The average molecular weight is 333 g/mol. The maximum absolute atomic E-state index is 13.0. The largest absolute Gasteiger partial charge is 0.508 e. The Balaban J connectivity index is 1.89. The molecule has 122 valence electrons. The molecule has 0 radical (unpaired) electrons. The summed E-state index contributed by atoms with van der Waals surface area (Å²) in [6, 6.07) is 6.45. The van der Waals surface area contributed by atoms with Crippen LogP contribution in [-0.2, 0) is 9.53 Å². The minimum Gasteiger partial charge on any atom is -0.508 e. The Hall–Kier alpha value is -2.12. The van der Waals surface area contributed by atoms with Crippen molar-refractivity contribution in [3.8, 4) is 5.75 Å². The number of phenols is 1. The molecule has 0 bridgehead atoms. The van der Waals surface area contributed by atoms with Gasteiger partial charge in [-0.1, -0.05) is 18.7 Å². The van der Waals surface area contributed by atoms with E-state index in [0.717, 1.165) is 5.56 Å². The van der Waals surface area contributed by atoms with Gasteiger partial charge in [-0.3, -0.25) is 4.79 Å². The summed E-state index contributed by atoms with van der Waals surface area (Å²) in [7, 11) is 0. The molecule has 1 amide bonds. The number of aromatic hydroxyl groups is 1. The third-order valence-electron chi connectivity index (χ3n) is 4.11. The van der Waals surface area contributed by atoms with Gasteiger partial charge in [0.05, 0.1) is 19.3 Å². The number of amides is 1. The van der Waals surface area contributed by atoms with Crippen LogP contribution in [-0.4, -0.2) is 47.3 Å². The summed E-state index contributed by atoms with van der Waals surface area (Å²) in [5.74, 6) is -0.289. The highest BCUT2D eigenvalue weighted by molar-refractivity contribution is 7.80. The highest BCUT2D eigenvalue weighted by Gasteiger charge is 2.39. The maximum atomic E-state index is 13.0. The van der Waals surface area contributed by atoms with Gasteiger partial charge < -0.3 is 25.4 Å². The van der Waals surface area contributed by atoms with Gasteiger partial charge in [0, 0.05) is 18.8 Å². The van der Waals surface area contributed by atoms with Gasteiger partial charge in [0.15, 0.2) is 5.11 Å². The van der Waals surface area contributed by atoms with Crippen LogP contribution in [0.5, 0.6) is 5.75 Å². The van der Waals surface area contributed by atoms with Gasteiger partial charge in [-0.05, 0) is 29.9 Å². The van der Waals surface area contributed by atoms with Crippen LogP contribution >= 0.6 is 12.2 Å². The molecule has 2 aliphatic heterocycles. The van der Waals surface area contributed by atoms with Crippen molar-refractivity contribution in [3.63, 3.8) is 0 Å². The van der Waals surface area contributed by atoms with Gasteiger partial charge in [-0.25, -0.2) is 0 Å². The third-order valence-corrected chi connectivity index (χ3v) is 4.33. The van der Waals surface area contributed by atoms with Crippen molar-refractivity contribution in [1.29, 1.82) is 0 Å². The Morgan fingerprint density at radius 2 is 1.96 bits per heavy atom. The summed E-state index contributed by atoms with van der Waals surface area (Å²) in [6.07, 6.45) is 0. The fourth-order valence-electron chi connectivity index (χ4n) is 2.91. The Labute approximate surface area is 140 Å². The third kappa shape index (κ3) is 3.30. The van der Waals surface area contributed by atoms with Crippen LogP contribution in [0.4, 0.5) is 0 Å². The number of thiocarbonyl (C=S) groups is 1. The van der Waals surface area contributed by atoms with E-state index in [0.29, 0.717) is 37.1 Å². The molecule has 0 aromatic heterocycles. The van der Waals surface area contributed by atoms with Crippen LogP contribution in [0.2, 0.25) is 0 Å². The number of rotatable bonds is 2. The van der Waals surface area contributed by atoms with Gasteiger partial charge in [0.25, 0.3) is 0 Å². The summed E-state index contributed by atoms with van der Waals surface area (Å²) < 4.78 is 5.31. The molecule has 2 atom stereocenters. The van der Waals surface area contributed by atoms with Crippen molar-refractivity contribution < 1.29 is 14.6 Å². The highest BCUT2D eigenvalue weighted by Crippen LogP contribution is 2.31. The Kier molecular flexibility index (Phi) is 4.49. The van der Waals surface area contributed by atoms with Crippen molar-refractivity contribution in [3.05, 3.63) is 42.1 Å². The number of benzene rings is 1. The lowest BCUT2D eigenvalue weighted by molar-refractivity contribution is -0.139. The van der Waals surface area contributed by atoms with Crippen LogP contribution in [0.25, 0.3) is 0 Å². The molecule has 3 rings (SSSR count). The van der Waals surface area contributed by atoms with Crippen LogP contribution in [0.3, 0.4) is 0 Å². The molecule has 2 heterocycles. The molecule has 2 aliphatic rings. The summed E-state index contributed by atoms with van der Waals surface area (Å²) in [5.41, 5.74) is 1.46. The van der Waals surface area contributed by atoms with E-state index in [1.807, 2.05) is 0 Å². The molecular formula is C16H19N3O3S. The lowest BCUT2D eigenvalue weighted by Crippen LogP contribution is -2.55. The smallest absolute Gasteiger partial charge is 0.234 e. The zero-order valence-corrected chi connectivity index (χ0v) is 13.4. The molecule has 2 saturated heterocycles. The molecular weight excluding hydrogens is 314 g/mol. The quantitative estimate of drug-likeness (QED) is 0.699. The second-order valence-corrected chi connectivity index (χ2v) is 6.02. The molecule has 0 spiro atoms. The fraction of sp³-hybridized carbons (Fsp3) is 0.375. The number of carbonyl (C=O) groups excluding carboxylic acids is 1. The zero-order chi connectivity index (χ0) is 16.4. The van der Waals surface area contributed by atoms with Gasteiger partial charge >= 0.3 is 0 Å². The first-order valence-electron chi connectivity index (χ1n) is 7.48. The lowest BCUT2D eigenvalue weighted by Gasteiger charge is -2.39. The average Bonchev–Trinajstić information content (AvgIpc) is 2.55. The van der Waals surface area contributed by atoms with Crippen molar-refractivity contribution in [2.75, 3.05) is 26.3 Å². The zero-order valence-electron chi connectivity index (χ0n) is 12.6. The molecule has 2 fully saturated rings. The van der Waals surface area contributed by atoms with Crippen molar-refractivity contribution >= 4 is 23.2 Å². The maximum Gasteiger partial charge on any atom is 0.234 e. The number of phenolic OH excluding ortho intramolecular Hbond substituents is 1. The number of morpholine rings is 1. The second-order valence-electron chi connectivity index (χ2n) is 5.61. The minimum atomic E-state index is -0.468. The van der Waals surface area contributed by atoms with Crippen LogP contribution in [0.1, 0.15) is 11.6 Å². The number of nitrogens with one attached hydrogen (secondary N) is 2. The van der Waals surface area contributed by atoms with Gasteiger partial charge in [-0.2, -0.15) is 0 Å². The second kappa shape index (κ2) is 6.55. The van der Waals surface area contributed by atoms with Crippen LogP contribution < -0.4 is 10.6 Å². The fourth-order valence-corrected chi connectivity index (χ4v) is 3.17. The van der Waals surface area contributed by atoms with E-state index in [2.05, 4.69) is 17.2 Å². The van der Waals surface area contributed by atoms with E-state index in [-0.39, 0.29) is 17.7 Å². The van der Waals surface area contributed by atoms with E-state index < -0.39 is 5.92 Å². The monoisotopic (exact) mass is 333 g/mol. The molecule has 0 aliphatic carbocycles. The number of hydrogen-bond donors (Lipinski definition) is 3. The van der Waals surface area contributed by atoms with Crippen molar-refractivity contribution in [1.82, 2.24) is 15.5 Å². The number of hydrogen-bond acceptors (Lipinski definition) is 4. The molecule has 1 aromatic carbocycles. The number of ether oxygens (including phenoxy) is 1. The van der Waals surface area contributed by atoms with Crippen LogP contribution in [0, 0.1) is 5.92 Å². The molecule has 1 aromatic rings. The van der Waals surface area contributed by atoms with Crippen LogP contribution in [0.15, 0.2) is 36.5 Å². The Morgan fingerprint density at radius 1 is 1.30 bits per heavy atom. The number of nitrogens with zero attached hydrogens (tertiary/aromatic N) is 1. The Bertz CT molecular complexity index is 626.